The van der Waals surface area contributed by atoms with Crippen LogP contribution in [-0.4, -0.2) is 19.8 Å². The van der Waals surface area contributed by atoms with Gasteiger partial charge in [0.1, 0.15) is 5.82 Å². The standard InChI is InChI=1S/C25H23FN4S/c26-23-13-7-12-22(16-23)19-30-15-14-24(28-30)27-25(31)29(17-20-8-3-1-4-9-20)18-21-10-5-2-6-11-21/h1-16H,17-19H2,(H,27,28,31). The highest BCUT2D eigenvalue weighted by molar-refractivity contribution is 7.80. The molecule has 0 aliphatic heterocycles. The van der Waals surface area contributed by atoms with Crippen LogP contribution in [0.4, 0.5) is 10.2 Å². The molecule has 0 aliphatic rings. The zero-order chi connectivity index (χ0) is 21.5. The van der Waals surface area contributed by atoms with E-state index in [-0.39, 0.29) is 5.82 Å². The number of nitrogens with one attached hydrogen (secondary N) is 1. The van der Waals surface area contributed by atoms with E-state index in [9.17, 15) is 4.39 Å². The maximum absolute atomic E-state index is 13.4. The molecule has 156 valence electrons. The van der Waals surface area contributed by atoms with E-state index in [1.807, 2.05) is 54.7 Å². The summed E-state index contributed by atoms with van der Waals surface area (Å²) < 4.78 is 15.2. The van der Waals surface area contributed by atoms with Gasteiger partial charge in [-0.25, -0.2) is 4.39 Å². The van der Waals surface area contributed by atoms with E-state index >= 15 is 0 Å². The molecule has 0 amide bonds. The molecule has 0 saturated heterocycles. The molecule has 0 radical (unpaired) electrons. The van der Waals surface area contributed by atoms with Crippen LogP contribution in [0.15, 0.2) is 97.2 Å². The van der Waals surface area contributed by atoms with Gasteiger partial charge in [0.15, 0.2) is 10.9 Å². The van der Waals surface area contributed by atoms with Gasteiger partial charge in [0, 0.05) is 25.4 Å². The first-order chi connectivity index (χ1) is 15.2. The molecule has 1 heterocycles. The van der Waals surface area contributed by atoms with Crippen LogP contribution < -0.4 is 5.32 Å². The topological polar surface area (TPSA) is 33.1 Å². The van der Waals surface area contributed by atoms with Crippen molar-refractivity contribution in [1.29, 1.82) is 0 Å². The molecule has 0 bridgehead atoms. The average molecular weight is 431 g/mol. The SMILES string of the molecule is Fc1cccc(Cn2ccc(NC(=S)N(Cc3ccccc3)Cc3ccccc3)n2)c1. The number of hydrogen-bond acceptors (Lipinski definition) is 2. The summed E-state index contributed by atoms with van der Waals surface area (Å²) in [5, 5.41) is 8.39. The van der Waals surface area contributed by atoms with Gasteiger partial charge in [0.25, 0.3) is 0 Å². The fourth-order valence-electron chi connectivity index (χ4n) is 3.33. The van der Waals surface area contributed by atoms with Gasteiger partial charge in [-0.1, -0.05) is 72.8 Å². The maximum atomic E-state index is 13.4. The Hall–Kier alpha value is -3.51. The fraction of sp³-hybridized carbons (Fsp3) is 0.120. The number of hydrogen-bond donors (Lipinski definition) is 1. The van der Waals surface area contributed by atoms with E-state index < -0.39 is 0 Å². The van der Waals surface area contributed by atoms with Crippen LogP contribution in [0, 0.1) is 5.82 Å². The number of rotatable bonds is 7. The Morgan fingerprint density at radius 3 is 2.06 bits per heavy atom. The minimum absolute atomic E-state index is 0.248. The molecular weight excluding hydrogens is 407 g/mol. The lowest BCUT2D eigenvalue weighted by Gasteiger charge is -2.25. The molecular formula is C25H23FN4S. The summed E-state index contributed by atoms with van der Waals surface area (Å²) in [7, 11) is 0. The summed E-state index contributed by atoms with van der Waals surface area (Å²) in [5.41, 5.74) is 3.21. The number of aromatic nitrogens is 2. The normalized spacial score (nSPS) is 10.6. The summed E-state index contributed by atoms with van der Waals surface area (Å²) >= 11 is 5.73. The molecule has 4 nitrogen and oxygen atoms in total. The monoisotopic (exact) mass is 430 g/mol. The number of anilines is 1. The Balaban J connectivity index is 1.46. The first-order valence-electron chi connectivity index (χ1n) is 10.1. The summed E-state index contributed by atoms with van der Waals surface area (Å²) in [4.78, 5) is 2.12. The summed E-state index contributed by atoms with van der Waals surface area (Å²) in [6.45, 7) is 1.86. The summed E-state index contributed by atoms with van der Waals surface area (Å²) in [5.74, 6) is 0.411. The quantitative estimate of drug-likeness (QED) is 0.394. The van der Waals surface area contributed by atoms with Crippen molar-refractivity contribution in [2.24, 2.45) is 0 Å². The van der Waals surface area contributed by atoms with Crippen LogP contribution in [0.5, 0.6) is 0 Å². The van der Waals surface area contributed by atoms with Crippen molar-refractivity contribution >= 4 is 23.1 Å². The predicted octanol–water partition coefficient (Wildman–Crippen LogP) is 5.47. The van der Waals surface area contributed by atoms with Gasteiger partial charge in [-0.2, -0.15) is 5.10 Å². The van der Waals surface area contributed by atoms with Gasteiger partial charge >= 0.3 is 0 Å². The minimum Gasteiger partial charge on any atom is -0.340 e. The smallest absolute Gasteiger partial charge is 0.175 e. The number of benzene rings is 3. The second-order valence-electron chi connectivity index (χ2n) is 7.29. The van der Waals surface area contributed by atoms with Gasteiger partial charge in [0.05, 0.1) is 6.54 Å². The van der Waals surface area contributed by atoms with Crippen LogP contribution in [0.2, 0.25) is 0 Å². The van der Waals surface area contributed by atoms with Gasteiger partial charge in [0.2, 0.25) is 0 Å². The second-order valence-corrected chi connectivity index (χ2v) is 7.67. The van der Waals surface area contributed by atoms with Gasteiger partial charge in [-0.15, -0.1) is 0 Å². The third-order valence-electron chi connectivity index (χ3n) is 4.83. The van der Waals surface area contributed by atoms with Crippen molar-refractivity contribution in [2.45, 2.75) is 19.6 Å². The zero-order valence-electron chi connectivity index (χ0n) is 17.0. The highest BCUT2D eigenvalue weighted by atomic mass is 32.1. The van der Waals surface area contributed by atoms with E-state index in [1.54, 1.807) is 10.7 Å². The van der Waals surface area contributed by atoms with E-state index in [1.165, 1.54) is 23.3 Å². The Labute approximate surface area is 187 Å². The van der Waals surface area contributed by atoms with Crippen molar-refractivity contribution < 1.29 is 4.39 Å². The Bertz CT molecular complexity index is 1090. The number of thiocarbonyl (C=S) groups is 1. The summed E-state index contributed by atoms with van der Waals surface area (Å²) in [6, 6.07) is 28.9. The van der Waals surface area contributed by atoms with Crippen molar-refractivity contribution in [3.05, 3.63) is 120 Å². The maximum Gasteiger partial charge on any atom is 0.175 e. The van der Waals surface area contributed by atoms with Crippen molar-refractivity contribution in [1.82, 2.24) is 14.7 Å². The van der Waals surface area contributed by atoms with Crippen molar-refractivity contribution in [3.63, 3.8) is 0 Å². The van der Waals surface area contributed by atoms with E-state index in [0.29, 0.717) is 30.6 Å². The fourth-order valence-corrected chi connectivity index (χ4v) is 3.57. The molecule has 3 aromatic carbocycles. The molecule has 6 heteroatoms. The summed E-state index contributed by atoms with van der Waals surface area (Å²) in [6.07, 6.45) is 1.86. The Kier molecular flexibility index (Phi) is 6.69. The molecule has 31 heavy (non-hydrogen) atoms. The van der Waals surface area contributed by atoms with Crippen molar-refractivity contribution in [3.8, 4) is 0 Å². The third kappa shape index (κ3) is 5.99. The Morgan fingerprint density at radius 1 is 0.839 bits per heavy atom. The molecule has 4 rings (SSSR count). The molecule has 0 unspecified atom stereocenters. The molecule has 1 N–H and O–H groups in total. The predicted molar refractivity (Wildman–Crippen MR) is 126 cm³/mol. The highest BCUT2D eigenvalue weighted by Crippen LogP contribution is 2.14. The second kappa shape index (κ2) is 10.00. The molecule has 0 spiro atoms. The number of nitrogens with zero attached hydrogens (tertiary/aromatic N) is 3. The molecule has 4 aromatic rings. The van der Waals surface area contributed by atoms with E-state index in [2.05, 4.69) is 39.6 Å². The van der Waals surface area contributed by atoms with Crippen LogP contribution in [0.3, 0.4) is 0 Å². The average Bonchev–Trinajstić information content (AvgIpc) is 3.21. The van der Waals surface area contributed by atoms with Crippen LogP contribution in [0.25, 0.3) is 0 Å². The third-order valence-corrected chi connectivity index (χ3v) is 5.19. The van der Waals surface area contributed by atoms with Crippen LogP contribution in [-0.2, 0) is 19.6 Å². The van der Waals surface area contributed by atoms with Crippen LogP contribution in [0.1, 0.15) is 16.7 Å². The van der Waals surface area contributed by atoms with Gasteiger partial charge in [-0.3, -0.25) is 4.68 Å². The van der Waals surface area contributed by atoms with E-state index in [4.69, 9.17) is 12.2 Å². The molecule has 0 saturated carbocycles. The van der Waals surface area contributed by atoms with E-state index in [0.717, 1.165) is 5.56 Å². The zero-order valence-corrected chi connectivity index (χ0v) is 17.8. The first-order valence-corrected chi connectivity index (χ1v) is 10.5. The minimum atomic E-state index is -0.248. The highest BCUT2D eigenvalue weighted by Gasteiger charge is 2.13. The lowest BCUT2D eigenvalue weighted by Crippen LogP contribution is -2.34. The number of halogens is 1. The van der Waals surface area contributed by atoms with Gasteiger partial charge < -0.3 is 10.2 Å². The van der Waals surface area contributed by atoms with Crippen LogP contribution >= 0.6 is 12.2 Å². The van der Waals surface area contributed by atoms with Crippen molar-refractivity contribution in [2.75, 3.05) is 5.32 Å². The lowest BCUT2D eigenvalue weighted by molar-refractivity contribution is 0.412. The molecule has 0 atom stereocenters. The molecule has 0 aliphatic carbocycles. The molecule has 0 fully saturated rings. The first kappa shape index (κ1) is 20.8. The molecule has 1 aromatic heterocycles. The van der Waals surface area contributed by atoms with Gasteiger partial charge in [-0.05, 0) is 41.0 Å². The lowest BCUT2D eigenvalue weighted by atomic mass is 10.2. The Morgan fingerprint density at radius 2 is 1.45 bits per heavy atom. The largest absolute Gasteiger partial charge is 0.340 e.